The van der Waals surface area contributed by atoms with Crippen molar-refractivity contribution in [3.05, 3.63) is 71.9 Å². The summed E-state index contributed by atoms with van der Waals surface area (Å²) in [6.07, 6.45) is 31.2. The molecule has 0 amide bonds. The van der Waals surface area contributed by atoms with Crippen LogP contribution in [0.4, 0.5) is 5.69 Å². The Labute approximate surface area is 391 Å². The first-order valence-corrected chi connectivity index (χ1v) is 21.2. The number of benzene rings is 2. The van der Waals surface area contributed by atoms with Crippen LogP contribution in [0.25, 0.3) is 10.9 Å². The van der Waals surface area contributed by atoms with Crippen LogP contribution in [-0.2, 0) is 9.59 Å². The summed E-state index contributed by atoms with van der Waals surface area (Å²) < 4.78 is 0. The van der Waals surface area contributed by atoms with Gasteiger partial charge in [-0.1, -0.05) is 173 Å². The van der Waals surface area contributed by atoms with Gasteiger partial charge in [0.05, 0.1) is 5.52 Å². The molecule has 0 saturated heterocycles. The third-order valence-electron chi connectivity index (χ3n) is 9.46. The molecule has 332 valence electrons. The average Bonchev–Trinajstić information content (AvgIpc) is 3.14. The molecule has 0 aliphatic rings. The van der Waals surface area contributed by atoms with E-state index in [0.717, 1.165) is 18.9 Å². The monoisotopic (exact) mass is 1050 g/mol. The lowest BCUT2D eigenvalue weighted by molar-refractivity contribution is -0.137. The molecule has 3 aromatic rings. The van der Waals surface area contributed by atoms with Crippen LogP contribution in [0.3, 0.4) is 0 Å². The first kappa shape index (κ1) is 64.7. The van der Waals surface area contributed by atoms with Crippen molar-refractivity contribution in [1.29, 1.82) is 0 Å². The number of rotatable bonds is 25. The summed E-state index contributed by atoms with van der Waals surface area (Å²) in [7, 11) is 0. The first-order valence-electron chi connectivity index (χ1n) is 21.2. The molecule has 0 radical (unpaired) electrons. The molecule has 0 spiro atoms. The molecule has 1 aromatic heterocycles. The third-order valence-corrected chi connectivity index (χ3v) is 9.46. The Kier molecular flexibility index (Phi) is 53.5. The number of aliphatic carboxylic acids is 2. The van der Waals surface area contributed by atoms with Crippen molar-refractivity contribution in [1.82, 2.24) is 4.98 Å². The fraction of sp³-hybridized carbons (Fsp3) is 0.638. The van der Waals surface area contributed by atoms with Crippen molar-refractivity contribution in [3.63, 3.8) is 0 Å². The maximum atomic E-state index is 9.60. The van der Waals surface area contributed by atoms with Crippen LogP contribution in [0.5, 0.6) is 0 Å². The molecule has 10 heteroatoms. The highest BCUT2D eigenvalue weighted by atomic mass is 79.9. The van der Waals surface area contributed by atoms with E-state index in [-0.39, 0.29) is 67.9 Å². The average molecular weight is 1060 g/mol. The standard InChI is InChI=1S/C32H59N.C9H7N.C4H8O2.C2H4O2.4BrH/c1-5-7-9-11-13-15-17-19-21-23-28-33(32-27-25-26-30(3)31(32)4)29-24-22-20-18-16-14-12-10-8-6-2;1-2-6-9-8(4-1)5-3-7-10-9;1-2-3-4(5)6;1-2(3)4;;;;/h25-27H,5-24,28-29H2,1-4H3;1-7H;2-3H2,1H3,(H,5,6);1H3,(H,3,4);4*1H. The number of pyridine rings is 1. The van der Waals surface area contributed by atoms with Crippen LogP contribution < -0.4 is 4.90 Å². The fourth-order valence-corrected chi connectivity index (χ4v) is 6.24. The largest absolute Gasteiger partial charge is 0.481 e. The van der Waals surface area contributed by atoms with Crippen LogP contribution in [-0.4, -0.2) is 40.2 Å². The number of hydrogen-bond acceptors (Lipinski definition) is 4. The van der Waals surface area contributed by atoms with Crippen LogP contribution >= 0.6 is 67.9 Å². The van der Waals surface area contributed by atoms with E-state index in [0.29, 0.717) is 6.42 Å². The third kappa shape index (κ3) is 39.7. The van der Waals surface area contributed by atoms with Gasteiger partial charge in [0.2, 0.25) is 0 Å². The summed E-state index contributed by atoms with van der Waals surface area (Å²) in [6, 6.07) is 19.0. The molecule has 0 fully saturated rings. The normalized spacial score (nSPS) is 9.58. The maximum Gasteiger partial charge on any atom is 0.303 e. The summed E-state index contributed by atoms with van der Waals surface area (Å²) in [5.74, 6) is -1.54. The van der Waals surface area contributed by atoms with Gasteiger partial charge < -0.3 is 15.1 Å². The van der Waals surface area contributed by atoms with Gasteiger partial charge in [0, 0.05) is 43.7 Å². The van der Waals surface area contributed by atoms with Gasteiger partial charge >= 0.3 is 5.97 Å². The molecule has 2 aromatic carbocycles. The van der Waals surface area contributed by atoms with E-state index in [1.54, 1.807) is 0 Å². The molecule has 2 N–H and O–H groups in total. The summed E-state index contributed by atoms with van der Waals surface area (Å²) in [6.45, 7) is 14.6. The molecule has 0 atom stereocenters. The zero-order chi connectivity index (χ0) is 39.4. The highest BCUT2D eigenvalue weighted by molar-refractivity contribution is 8.93. The number of nitrogens with zero attached hydrogens (tertiary/aromatic N) is 2. The molecule has 0 aliphatic heterocycles. The minimum Gasteiger partial charge on any atom is -0.481 e. The molecular formula is C47H82Br4N2O4. The zero-order valence-electron chi connectivity index (χ0n) is 36.5. The number of aryl methyl sites for hydroxylation is 1. The fourth-order valence-electron chi connectivity index (χ4n) is 6.24. The van der Waals surface area contributed by atoms with Gasteiger partial charge in [-0.15, -0.1) is 67.9 Å². The Hall–Kier alpha value is -1.49. The number of halogens is 4. The number of hydrogen-bond donors (Lipinski definition) is 2. The number of anilines is 1. The van der Waals surface area contributed by atoms with Crippen molar-refractivity contribution >= 4 is 96.5 Å². The van der Waals surface area contributed by atoms with Crippen LogP contribution in [0.1, 0.15) is 180 Å². The molecule has 3 rings (SSSR count). The van der Waals surface area contributed by atoms with E-state index in [1.807, 2.05) is 37.4 Å². The zero-order valence-corrected chi connectivity index (χ0v) is 43.3. The SMILES string of the molecule is Br.Br.Br.Br.CC(=O)O.CCCC(=O)O.CCCCCCCCCCCCN(CCCCCCCCCCCC)c1cccc(C)c1C.c1ccc2ncccc2c1. The number of carboxylic acid groups (broad SMARTS) is 2. The minimum atomic E-state index is -0.833. The minimum absolute atomic E-state index is 0. The Morgan fingerprint density at radius 3 is 1.33 bits per heavy atom. The number of carbonyl (C=O) groups is 2. The number of carboxylic acids is 2. The number of para-hydroxylation sites is 1. The van der Waals surface area contributed by atoms with Gasteiger partial charge in [-0.3, -0.25) is 14.6 Å². The summed E-state index contributed by atoms with van der Waals surface area (Å²) in [5, 5.41) is 16.5. The smallest absolute Gasteiger partial charge is 0.303 e. The molecule has 6 nitrogen and oxygen atoms in total. The molecule has 1 heterocycles. The summed E-state index contributed by atoms with van der Waals surface area (Å²) >= 11 is 0. The second kappa shape index (κ2) is 47.2. The van der Waals surface area contributed by atoms with Gasteiger partial charge in [0.1, 0.15) is 0 Å². The van der Waals surface area contributed by atoms with Gasteiger partial charge in [-0.25, -0.2) is 0 Å². The van der Waals surface area contributed by atoms with Crippen molar-refractivity contribution in [2.45, 2.75) is 183 Å². The van der Waals surface area contributed by atoms with Crippen LogP contribution in [0, 0.1) is 13.8 Å². The summed E-state index contributed by atoms with van der Waals surface area (Å²) in [4.78, 5) is 25.5. The number of fused-ring (bicyclic) bond motifs is 1. The van der Waals surface area contributed by atoms with Crippen molar-refractivity contribution in [2.24, 2.45) is 0 Å². The Bertz CT molecular complexity index is 1220. The lowest BCUT2D eigenvalue weighted by Gasteiger charge is -2.27. The van der Waals surface area contributed by atoms with E-state index < -0.39 is 11.9 Å². The van der Waals surface area contributed by atoms with Crippen molar-refractivity contribution < 1.29 is 19.8 Å². The highest BCUT2D eigenvalue weighted by Gasteiger charge is 2.10. The highest BCUT2D eigenvalue weighted by Crippen LogP contribution is 2.24. The van der Waals surface area contributed by atoms with E-state index in [9.17, 15) is 4.79 Å². The number of unbranched alkanes of at least 4 members (excludes halogenated alkanes) is 18. The van der Waals surface area contributed by atoms with Crippen LogP contribution in [0.2, 0.25) is 0 Å². The van der Waals surface area contributed by atoms with Gasteiger partial charge in [0.25, 0.3) is 5.97 Å². The molecule has 0 bridgehead atoms. The maximum absolute atomic E-state index is 9.60. The lowest BCUT2D eigenvalue weighted by atomic mass is 10.0. The van der Waals surface area contributed by atoms with E-state index in [1.165, 1.54) is 164 Å². The van der Waals surface area contributed by atoms with Gasteiger partial charge in [-0.2, -0.15) is 0 Å². The Morgan fingerprint density at radius 1 is 0.544 bits per heavy atom. The van der Waals surface area contributed by atoms with Gasteiger partial charge in [0.15, 0.2) is 0 Å². The molecule has 57 heavy (non-hydrogen) atoms. The summed E-state index contributed by atoms with van der Waals surface area (Å²) in [5.41, 5.74) is 5.46. The van der Waals surface area contributed by atoms with Crippen molar-refractivity contribution in [3.8, 4) is 0 Å². The molecule has 0 aliphatic carbocycles. The van der Waals surface area contributed by atoms with E-state index in [2.05, 4.69) is 67.9 Å². The lowest BCUT2D eigenvalue weighted by Crippen LogP contribution is -2.26. The number of aromatic nitrogens is 1. The van der Waals surface area contributed by atoms with E-state index >= 15 is 0 Å². The molecule has 0 saturated carbocycles. The van der Waals surface area contributed by atoms with Gasteiger partial charge in [-0.05, 0) is 62.4 Å². The molecular weight excluding hydrogens is 976 g/mol. The topological polar surface area (TPSA) is 90.7 Å². The first-order chi connectivity index (χ1) is 25.7. The van der Waals surface area contributed by atoms with Crippen LogP contribution in [0.15, 0.2) is 60.8 Å². The van der Waals surface area contributed by atoms with E-state index in [4.69, 9.17) is 15.0 Å². The molecule has 0 unspecified atom stereocenters. The predicted octanol–water partition coefficient (Wildman–Crippen LogP) is 16.5. The second-order valence-electron chi connectivity index (χ2n) is 14.4. The van der Waals surface area contributed by atoms with Crippen molar-refractivity contribution in [2.75, 3.05) is 18.0 Å². The quantitative estimate of drug-likeness (QED) is 0.0822. The second-order valence-corrected chi connectivity index (χ2v) is 14.4. The Morgan fingerprint density at radius 2 is 0.947 bits per heavy atom. The Balaban J connectivity index is -0.000000306. The predicted molar refractivity (Wildman–Crippen MR) is 271 cm³/mol.